The third-order valence-corrected chi connectivity index (χ3v) is 4.19. The first kappa shape index (κ1) is 14.8. The van der Waals surface area contributed by atoms with E-state index in [-0.39, 0.29) is 12.5 Å². The molecule has 2 aromatic rings. The number of carbonyl (C=O) groups excluding carboxylic acids is 1. The number of fused-ring (bicyclic) bond motifs is 1. The van der Waals surface area contributed by atoms with Crippen LogP contribution in [0.25, 0.3) is 11.3 Å². The summed E-state index contributed by atoms with van der Waals surface area (Å²) in [6.45, 7) is 3.45. The average Bonchev–Trinajstić information content (AvgIpc) is 2.87. The van der Waals surface area contributed by atoms with E-state index in [0.29, 0.717) is 18.0 Å². The quantitative estimate of drug-likeness (QED) is 0.829. The first-order valence-corrected chi connectivity index (χ1v) is 7.76. The molecule has 0 spiro atoms. The first-order valence-electron chi connectivity index (χ1n) is 6.94. The third kappa shape index (κ3) is 3.05. The van der Waals surface area contributed by atoms with Crippen LogP contribution in [0, 0.1) is 6.92 Å². The number of nitrogens with one attached hydrogen (secondary N) is 2. The zero-order chi connectivity index (χ0) is 15.5. The van der Waals surface area contributed by atoms with Gasteiger partial charge in [-0.3, -0.25) is 4.79 Å². The van der Waals surface area contributed by atoms with Gasteiger partial charge in [-0.1, -0.05) is 0 Å². The lowest BCUT2D eigenvalue weighted by molar-refractivity contribution is -0.118. The Morgan fingerprint density at radius 1 is 1.50 bits per heavy atom. The van der Waals surface area contributed by atoms with Crippen LogP contribution < -0.4 is 15.4 Å². The molecule has 6 nitrogen and oxygen atoms in total. The van der Waals surface area contributed by atoms with Gasteiger partial charge >= 0.3 is 0 Å². The molecule has 1 aliphatic rings. The second kappa shape index (κ2) is 6.33. The summed E-state index contributed by atoms with van der Waals surface area (Å²) in [5.41, 5.74) is 2.56. The number of aryl methyl sites for hydroxylation is 1. The van der Waals surface area contributed by atoms with Gasteiger partial charge in [0, 0.05) is 24.1 Å². The minimum Gasteiger partial charge on any atom is -0.482 e. The van der Waals surface area contributed by atoms with E-state index in [1.807, 2.05) is 25.1 Å². The molecule has 0 saturated carbocycles. The number of benzene rings is 1. The average molecular weight is 319 g/mol. The molecule has 0 radical (unpaired) electrons. The Balaban J connectivity index is 1.85. The fraction of sp³-hybridized carbons (Fsp3) is 0.333. The lowest BCUT2D eigenvalue weighted by atomic mass is 10.1. The number of carbonyl (C=O) groups is 1. The zero-order valence-corrected chi connectivity index (χ0v) is 13.3. The molecule has 1 aromatic heterocycles. The molecule has 0 aliphatic carbocycles. The molecule has 7 heteroatoms. The van der Waals surface area contributed by atoms with Gasteiger partial charge in [0.15, 0.2) is 11.7 Å². The smallest absolute Gasteiger partial charge is 0.262 e. The summed E-state index contributed by atoms with van der Waals surface area (Å²) < 4.78 is 10.4. The maximum atomic E-state index is 11.4. The summed E-state index contributed by atoms with van der Waals surface area (Å²) in [6.07, 6.45) is 0. The highest BCUT2D eigenvalue weighted by Crippen LogP contribution is 2.36. The van der Waals surface area contributed by atoms with Gasteiger partial charge in [-0.2, -0.15) is 0 Å². The van der Waals surface area contributed by atoms with Crippen LogP contribution in [0.15, 0.2) is 18.2 Å². The van der Waals surface area contributed by atoms with Gasteiger partial charge in [0.2, 0.25) is 0 Å². The van der Waals surface area contributed by atoms with E-state index in [1.54, 1.807) is 18.4 Å². The Hall–Kier alpha value is -2.12. The van der Waals surface area contributed by atoms with Crippen LogP contribution in [0.3, 0.4) is 0 Å². The Kier molecular flexibility index (Phi) is 4.26. The first-order chi connectivity index (χ1) is 10.7. The van der Waals surface area contributed by atoms with Crippen molar-refractivity contribution in [3.05, 3.63) is 23.1 Å². The number of thiazole rings is 1. The molecule has 1 amide bonds. The maximum absolute atomic E-state index is 11.4. The van der Waals surface area contributed by atoms with Crippen LogP contribution in [0.2, 0.25) is 0 Å². The summed E-state index contributed by atoms with van der Waals surface area (Å²) in [5, 5.41) is 6.92. The number of anilines is 2. The van der Waals surface area contributed by atoms with Gasteiger partial charge in [0.1, 0.15) is 5.75 Å². The van der Waals surface area contributed by atoms with Crippen molar-refractivity contribution in [3.8, 4) is 17.0 Å². The highest BCUT2D eigenvalue weighted by atomic mass is 32.1. The lowest BCUT2D eigenvalue weighted by Gasteiger charge is -2.18. The lowest BCUT2D eigenvalue weighted by Crippen LogP contribution is -2.25. The molecule has 0 saturated heterocycles. The highest BCUT2D eigenvalue weighted by molar-refractivity contribution is 7.16. The maximum Gasteiger partial charge on any atom is 0.262 e. The van der Waals surface area contributed by atoms with Crippen LogP contribution in [-0.2, 0) is 9.53 Å². The number of ether oxygens (including phenoxy) is 2. The van der Waals surface area contributed by atoms with E-state index in [9.17, 15) is 4.79 Å². The number of nitrogens with zero attached hydrogens (tertiary/aromatic N) is 1. The Labute approximate surface area is 132 Å². The summed E-state index contributed by atoms with van der Waals surface area (Å²) in [5.74, 6) is 0.552. The summed E-state index contributed by atoms with van der Waals surface area (Å²) in [6, 6.07) is 5.71. The number of rotatable bonds is 5. The van der Waals surface area contributed by atoms with Crippen LogP contribution in [0.5, 0.6) is 5.75 Å². The van der Waals surface area contributed by atoms with Crippen LogP contribution in [0.1, 0.15) is 4.88 Å². The fourth-order valence-electron chi connectivity index (χ4n) is 2.23. The molecule has 0 fully saturated rings. The van der Waals surface area contributed by atoms with Crippen molar-refractivity contribution < 1.29 is 14.3 Å². The van der Waals surface area contributed by atoms with E-state index in [4.69, 9.17) is 9.47 Å². The van der Waals surface area contributed by atoms with E-state index in [0.717, 1.165) is 27.8 Å². The molecule has 1 aromatic carbocycles. The van der Waals surface area contributed by atoms with Crippen molar-refractivity contribution in [2.45, 2.75) is 6.92 Å². The van der Waals surface area contributed by atoms with Crippen molar-refractivity contribution >= 4 is 28.1 Å². The van der Waals surface area contributed by atoms with Crippen molar-refractivity contribution in [2.24, 2.45) is 0 Å². The standard InChI is InChI=1S/C15H17N3O3S/c1-9-14(18-15(22-9)16-5-6-20-2)10-3-4-12-11(7-10)17-13(19)8-21-12/h3-4,7H,5-6,8H2,1-2H3,(H,16,18)(H,17,19). The molecular weight excluding hydrogens is 302 g/mol. The van der Waals surface area contributed by atoms with Gasteiger partial charge < -0.3 is 20.1 Å². The van der Waals surface area contributed by atoms with E-state index in [1.165, 1.54) is 0 Å². The fourth-order valence-corrected chi connectivity index (χ4v) is 3.09. The summed E-state index contributed by atoms with van der Waals surface area (Å²) in [7, 11) is 1.67. The normalized spacial score (nSPS) is 13.3. The van der Waals surface area contributed by atoms with E-state index >= 15 is 0 Å². The number of hydrogen-bond donors (Lipinski definition) is 2. The predicted octanol–water partition coefficient (Wildman–Crippen LogP) is 2.51. The van der Waals surface area contributed by atoms with E-state index in [2.05, 4.69) is 15.6 Å². The molecule has 0 bridgehead atoms. The van der Waals surface area contributed by atoms with Crippen LogP contribution in [-0.4, -0.2) is 37.8 Å². The SMILES string of the molecule is COCCNc1nc(-c2ccc3c(c2)NC(=O)CO3)c(C)s1. The molecular formula is C15H17N3O3S. The van der Waals surface area contributed by atoms with Crippen molar-refractivity contribution in [1.82, 2.24) is 4.98 Å². The monoisotopic (exact) mass is 319 g/mol. The Bertz CT molecular complexity index is 699. The Morgan fingerprint density at radius 2 is 2.36 bits per heavy atom. The molecule has 2 N–H and O–H groups in total. The molecule has 3 rings (SSSR count). The van der Waals surface area contributed by atoms with Crippen molar-refractivity contribution in [3.63, 3.8) is 0 Å². The topological polar surface area (TPSA) is 72.5 Å². The van der Waals surface area contributed by atoms with Crippen molar-refractivity contribution in [2.75, 3.05) is 37.5 Å². The molecule has 0 unspecified atom stereocenters. The Morgan fingerprint density at radius 3 is 3.18 bits per heavy atom. The molecule has 0 atom stereocenters. The molecule has 22 heavy (non-hydrogen) atoms. The van der Waals surface area contributed by atoms with Crippen LogP contribution in [0.4, 0.5) is 10.8 Å². The number of methoxy groups -OCH3 is 1. The largest absolute Gasteiger partial charge is 0.482 e. The van der Waals surface area contributed by atoms with Gasteiger partial charge in [0.05, 0.1) is 18.0 Å². The summed E-state index contributed by atoms with van der Waals surface area (Å²) >= 11 is 1.60. The van der Waals surface area contributed by atoms with Gasteiger partial charge in [-0.15, -0.1) is 11.3 Å². The number of aromatic nitrogens is 1. The predicted molar refractivity (Wildman–Crippen MR) is 86.8 cm³/mol. The van der Waals surface area contributed by atoms with Gasteiger partial charge in [0.25, 0.3) is 5.91 Å². The molecule has 2 heterocycles. The third-order valence-electron chi connectivity index (χ3n) is 3.26. The van der Waals surface area contributed by atoms with E-state index < -0.39 is 0 Å². The zero-order valence-electron chi connectivity index (χ0n) is 12.4. The van der Waals surface area contributed by atoms with Gasteiger partial charge in [-0.25, -0.2) is 4.98 Å². The van der Waals surface area contributed by atoms with Crippen LogP contribution >= 0.6 is 11.3 Å². The second-order valence-corrected chi connectivity index (χ2v) is 6.09. The summed E-state index contributed by atoms with van der Waals surface area (Å²) in [4.78, 5) is 17.2. The number of amides is 1. The minimum absolute atomic E-state index is 0.0651. The van der Waals surface area contributed by atoms with Crippen molar-refractivity contribution in [1.29, 1.82) is 0 Å². The highest BCUT2D eigenvalue weighted by Gasteiger charge is 2.18. The second-order valence-electron chi connectivity index (χ2n) is 4.89. The number of hydrogen-bond acceptors (Lipinski definition) is 6. The molecule has 1 aliphatic heterocycles. The molecule has 116 valence electrons. The van der Waals surface area contributed by atoms with Gasteiger partial charge in [-0.05, 0) is 25.1 Å². The minimum atomic E-state index is -0.137.